The number of guanidine groups is 1. The monoisotopic (exact) mass is 525 g/mol. The van der Waals surface area contributed by atoms with Crippen molar-refractivity contribution in [1.29, 1.82) is 0 Å². The van der Waals surface area contributed by atoms with Crippen LogP contribution in [0.2, 0.25) is 0 Å². The van der Waals surface area contributed by atoms with Gasteiger partial charge in [-0.2, -0.15) is 0 Å². The van der Waals surface area contributed by atoms with Crippen LogP contribution in [0.15, 0.2) is 47.5 Å². The summed E-state index contributed by atoms with van der Waals surface area (Å²) in [6.07, 6.45) is 2.41. The van der Waals surface area contributed by atoms with E-state index in [-0.39, 0.29) is 29.4 Å². The highest BCUT2D eigenvalue weighted by atomic mass is 127. The molecule has 0 heterocycles. The first-order valence-corrected chi connectivity index (χ1v) is 10.0. The minimum Gasteiger partial charge on any atom is -0.493 e. The Morgan fingerprint density at radius 3 is 2.10 bits per heavy atom. The Hall–Kier alpha value is -2.16. The van der Waals surface area contributed by atoms with Crippen LogP contribution in [0.4, 0.5) is 0 Å². The summed E-state index contributed by atoms with van der Waals surface area (Å²) in [5, 5.41) is 6.86. The molecule has 2 aromatic carbocycles. The van der Waals surface area contributed by atoms with Crippen LogP contribution in [0.25, 0.3) is 0 Å². The maximum absolute atomic E-state index is 5.44. The molecule has 0 unspecified atom stereocenters. The number of methoxy groups -OCH3 is 3. The van der Waals surface area contributed by atoms with Gasteiger partial charge in [0.25, 0.3) is 0 Å². The number of aliphatic imine (C=N–C) groups is 1. The third-order valence-corrected chi connectivity index (χ3v) is 5.32. The van der Waals surface area contributed by atoms with Crippen molar-refractivity contribution in [2.75, 3.05) is 34.4 Å². The van der Waals surface area contributed by atoms with Crippen LogP contribution in [0, 0.1) is 0 Å². The molecule has 164 valence electrons. The summed E-state index contributed by atoms with van der Waals surface area (Å²) >= 11 is 0. The van der Waals surface area contributed by atoms with Gasteiger partial charge in [0, 0.05) is 18.5 Å². The SMILES string of the molecule is CCNC(=NCc1cc(OC)c(OC)c(OC)c1)NCC1(c2ccccc2)CC1.I. The Balaban J connectivity index is 0.00000320. The minimum atomic E-state index is 0. The van der Waals surface area contributed by atoms with Crippen LogP contribution in [-0.2, 0) is 12.0 Å². The van der Waals surface area contributed by atoms with Crippen molar-refractivity contribution in [2.24, 2.45) is 4.99 Å². The lowest BCUT2D eigenvalue weighted by molar-refractivity contribution is 0.324. The largest absolute Gasteiger partial charge is 0.493 e. The minimum absolute atomic E-state index is 0. The Morgan fingerprint density at radius 2 is 1.60 bits per heavy atom. The van der Waals surface area contributed by atoms with Crippen molar-refractivity contribution in [1.82, 2.24) is 10.6 Å². The van der Waals surface area contributed by atoms with Crippen LogP contribution in [0.1, 0.15) is 30.9 Å². The number of hydrogen-bond acceptors (Lipinski definition) is 4. The molecule has 0 aromatic heterocycles. The topological polar surface area (TPSA) is 64.1 Å². The van der Waals surface area contributed by atoms with E-state index in [2.05, 4.69) is 47.9 Å². The zero-order valence-electron chi connectivity index (χ0n) is 18.2. The average Bonchev–Trinajstić information content (AvgIpc) is 3.56. The van der Waals surface area contributed by atoms with Crippen LogP contribution in [0.5, 0.6) is 17.2 Å². The van der Waals surface area contributed by atoms with Crippen molar-refractivity contribution >= 4 is 29.9 Å². The molecule has 0 radical (unpaired) electrons. The number of benzene rings is 2. The highest BCUT2D eigenvalue weighted by molar-refractivity contribution is 14.0. The molecule has 7 heteroatoms. The van der Waals surface area contributed by atoms with E-state index < -0.39 is 0 Å². The molecule has 1 aliphatic rings. The molecule has 1 aliphatic carbocycles. The fraction of sp³-hybridized carbons (Fsp3) is 0.435. The summed E-state index contributed by atoms with van der Waals surface area (Å²) < 4.78 is 16.3. The molecule has 1 saturated carbocycles. The van der Waals surface area contributed by atoms with E-state index in [1.165, 1.54) is 18.4 Å². The van der Waals surface area contributed by atoms with Crippen molar-refractivity contribution in [3.63, 3.8) is 0 Å². The van der Waals surface area contributed by atoms with Gasteiger partial charge in [-0.1, -0.05) is 30.3 Å². The Labute approximate surface area is 196 Å². The van der Waals surface area contributed by atoms with E-state index >= 15 is 0 Å². The van der Waals surface area contributed by atoms with Gasteiger partial charge in [0.15, 0.2) is 17.5 Å². The van der Waals surface area contributed by atoms with Crippen LogP contribution in [0.3, 0.4) is 0 Å². The summed E-state index contributed by atoms with van der Waals surface area (Å²) in [6, 6.07) is 14.6. The molecule has 0 atom stereocenters. The van der Waals surface area contributed by atoms with Gasteiger partial charge >= 0.3 is 0 Å². The maximum Gasteiger partial charge on any atom is 0.203 e. The number of ether oxygens (including phenoxy) is 3. The predicted molar refractivity (Wildman–Crippen MR) is 132 cm³/mol. The molecule has 0 aliphatic heterocycles. The average molecular weight is 525 g/mol. The molecule has 0 saturated heterocycles. The molecule has 0 bridgehead atoms. The summed E-state index contributed by atoms with van der Waals surface area (Å²) in [5.74, 6) is 2.67. The zero-order valence-corrected chi connectivity index (χ0v) is 20.5. The zero-order chi connectivity index (χ0) is 20.7. The normalized spacial score (nSPS) is 14.3. The first-order valence-electron chi connectivity index (χ1n) is 10.0. The molecular formula is C23H32IN3O3. The molecule has 6 nitrogen and oxygen atoms in total. The van der Waals surface area contributed by atoms with Gasteiger partial charge in [0.2, 0.25) is 5.75 Å². The van der Waals surface area contributed by atoms with E-state index in [9.17, 15) is 0 Å². The summed E-state index contributed by atoms with van der Waals surface area (Å²) in [7, 11) is 4.84. The summed E-state index contributed by atoms with van der Waals surface area (Å²) in [6.45, 7) is 4.25. The van der Waals surface area contributed by atoms with Crippen LogP contribution in [-0.4, -0.2) is 40.4 Å². The third-order valence-electron chi connectivity index (χ3n) is 5.32. The number of nitrogens with zero attached hydrogens (tertiary/aromatic N) is 1. The Bertz CT molecular complexity index is 814. The van der Waals surface area contributed by atoms with Gasteiger partial charge in [-0.3, -0.25) is 0 Å². The van der Waals surface area contributed by atoms with Gasteiger partial charge < -0.3 is 24.8 Å². The molecular weight excluding hydrogens is 493 g/mol. The second-order valence-electron chi connectivity index (χ2n) is 7.23. The molecule has 3 rings (SSSR count). The van der Waals surface area contributed by atoms with Crippen LogP contribution >= 0.6 is 24.0 Å². The number of nitrogens with one attached hydrogen (secondary N) is 2. The first-order chi connectivity index (χ1) is 14.2. The lowest BCUT2D eigenvalue weighted by Crippen LogP contribution is -2.41. The summed E-state index contributed by atoms with van der Waals surface area (Å²) in [5.41, 5.74) is 2.61. The molecule has 1 fully saturated rings. The van der Waals surface area contributed by atoms with Crippen molar-refractivity contribution < 1.29 is 14.2 Å². The predicted octanol–water partition coefficient (Wildman–Crippen LogP) is 4.12. The van der Waals surface area contributed by atoms with E-state index in [0.717, 1.165) is 24.6 Å². The number of halogens is 1. The molecule has 0 spiro atoms. The van der Waals surface area contributed by atoms with Gasteiger partial charge in [0.1, 0.15) is 0 Å². The molecule has 30 heavy (non-hydrogen) atoms. The van der Waals surface area contributed by atoms with E-state index in [0.29, 0.717) is 23.8 Å². The second-order valence-corrected chi connectivity index (χ2v) is 7.23. The number of hydrogen-bond donors (Lipinski definition) is 2. The van der Waals surface area contributed by atoms with Gasteiger partial charge in [-0.25, -0.2) is 4.99 Å². The Kier molecular flexibility index (Phi) is 9.08. The third kappa shape index (κ3) is 5.71. The Morgan fingerprint density at radius 1 is 0.967 bits per heavy atom. The fourth-order valence-electron chi connectivity index (χ4n) is 3.50. The molecule has 2 N–H and O–H groups in total. The van der Waals surface area contributed by atoms with Gasteiger partial charge in [-0.15, -0.1) is 24.0 Å². The second kappa shape index (κ2) is 11.3. The van der Waals surface area contributed by atoms with E-state index in [1.54, 1.807) is 21.3 Å². The standard InChI is InChI=1S/C23H31N3O3.HI/c1-5-24-22(26-16-23(11-12-23)18-9-7-6-8-10-18)25-15-17-13-19(27-2)21(29-4)20(14-17)28-3;/h6-10,13-14H,5,11-12,15-16H2,1-4H3,(H2,24,25,26);1H. The van der Waals surface area contributed by atoms with Gasteiger partial charge in [-0.05, 0) is 43.0 Å². The number of rotatable bonds is 9. The highest BCUT2D eigenvalue weighted by Gasteiger charge is 2.43. The first kappa shape index (κ1) is 24.1. The van der Waals surface area contributed by atoms with Crippen molar-refractivity contribution in [3.8, 4) is 17.2 Å². The van der Waals surface area contributed by atoms with Crippen LogP contribution < -0.4 is 24.8 Å². The lowest BCUT2D eigenvalue weighted by atomic mass is 9.96. The maximum atomic E-state index is 5.44. The quantitative estimate of drug-likeness (QED) is 0.293. The summed E-state index contributed by atoms with van der Waals surface area (Å²) in [4.78, 5) is 4.76. The highest BCUT2D eigenvalue weighted by Crippen LogP contribution is 2.47. The van der Waals surface area contributed by atoms with Gasteiger partial charge in [0.05, 0.1) is 27.9 Å². The lowest BCUT2D eigenvalue weighted by Gasteiger charge is -2.19. The molecule has 0 amide bonds. The fourth-order valence-corrected chi connectivity index (χ4v) is 3.50. The van der Waals surface area contributed by atoms with E-state index in [4.69, 9.17) is 19.2 Å². The van der Waals surface area contributed by atoms with Crippen molar-refractivity contribution in [3.05, 3.63) is 53.6 Å². The van der Waals surface area contributed by atoms with E-state index in [1.807, 2.05) is 12.1 Å². The van der Waals surface area contributed by atoms with Crippen molar-refractivity contribution in [2.45, 2.75) is 31.7 Å². The smallest absolute Gasteiger partial charge is 0.203 e. The molecule has 2 aromatic rings.